The second-order valence-corrected chi connectivity index (χ2v) is 13.1. The predicted octanol–water partition coefficient (Wildman–Crippen LogP) is 10.1. The van der Waals surface area contributed by atoms with Crippen molar-refractivity contribution < 1.29 is 4.74 Å². The van der Waals surface area contributed by atoms with Crippen LogP contribution in [0.25, 0.3) is 72.1 Å². The van der Waals surface area contributed by atoms with E-state index in [2.05, 4.69) is 110 Å². The van der Waals surface area contributed by atoms with Gasteiger partial charge in [0.1, 0.15) is 17.3 Å². The predicted molar refractivity (Wildman–Crippen MR) is 204 cm³/mol. The SMILES string of the molecule is Cc1cc(C)c(-n2c(-n3c4cnccc4c4ccc(Oc5ccc6c7ccncc7n(-c7ccccn7)c6c5)cc43)nc3ccccc32)c(C)c1. The van der Waals surface area contributed by atoms with Gasteiger partial charge in [-0.15, -0.1) is 0 Å². The number of hydrogen-bond acceptors (Lipinski definition) is 5. The van der Waals surface area contributed by atoms with Crippen molar-refractivity contribution in [3.8, 4) is 29.0 Å². The lowest BCUT2D eigenvalue weighted by molar-refractivity contribution is 0.484. The van der Waals surface area contributed by atoms with Gasteiger partial charge in [-0.3, -0.25) is 23.7 Å². The van der Waals surface area contributed by atoms with Gasteiger partial charge in [0.2, 0.25) is 5.95 Å². The lowest BCUT2D eigenvalue weighted by Crippen LogP contribution is -2.08. The maximum atomic E-state index is 6.69. The number of nitrogens with zero attached hydrogens (tertiary/aromatic N) is 7. The van der Waals surface area contributed by atoms with E-state index >= 15 is 0 Å². The summed E-state index contributed by atoms with van der Waals surface area (Å²) in [5, 5.41) is 4.40. The molecule has 8 heteroatoms. The molecular formula is C43H31N7O. The third-order valence-corrected chi connectivity index (χ3v) is 9.80. The number of para-hydroxylation sites is 2. The van der Waals surface area contributed by atoms with E-state index in [0.29, 0.717) is 5.75 Å². The number of imidazole rings is 1. The summed E-state index contributed by atoms with van der Waals surface area (Å²) in [6, 6.07) is 35.3. The zero-order valence-corrected chi connectivity index (χ0v) is 28.2. The molecule has 6 aromatic heterocycles. The molecule has 4 aromatic carbocycles. The highest BCUT2D eigenvalue weighted by molar-refractivity contribution is 6.10. The Balaban J connectivity index is 1.18. The summed E-state index contributed by atoms with van der Waals surface area (Å²) >= 11 is 0. The average molecular weight is 662 g/mol. The third-order valence-electron chi connectivity index (χ3n) is 9.80. The Labute approximate surface area is 292 Å². The number of fused-ring (bicyclic) bond motifs is 7. The molecule has 10 aromatic rings. The Bertz CT molecular complexity index is 2970. The second kappa shape index (κ2) is 11.1. The molecule has 0 saturated heterocycles. The molecule has 0 unspecified atom stereocenters. The fourth-order valence-corrected chi connectivity index (χ4v) is 7.81. The highest BCUT2D eigenvalue weighted by atomic mass is 16.5. The van der Waals surface area contributed by atoms with E-state index in [0.717, 1.165) is 77.8 Å². The number of aromatic nitrogens is 7. The van der Waals surface area contributed by atoms with Crippen LogP contribution in [0.5, 0.6) is 11.5 Å². The second-order valence-electron chi connectivity index (χ2n) is 13.1. The molecule has 0 amide bonds. The minimum Gasteiger partial charge on any atom is -0.457 e. The van der Waals surface area contributed by atoms with Gasteiger partial charge in [0.15, 0.2) is 0 Å². The van der Waals surface area contributed by atoms with Gasteiger partial charge in [0, 0.05) is 52.3 Å². The van der Waals surface area contributed by atoms with Gasteiger partial charge >= 0.3 is 0 Å². The maximum Gasteiger partial charge on any atom is 0.220 e. The minimum atomic E-state index is 0.714. The van der Waals surface area contributed by atoms with E-state index in [1.807, 2.05) is 73.4 Å². The highest BCUT2D eigenvalue weighted by Crippen LogP contribution is 2.39. The molecule has 0 aliphatic heterocycles. The third kappa shape index (κ3) is 4.46. The van der Waals surface area contributed by atoms with Gasteiger partial charge in [-0.1, -0.05) is 35.9 Å². The standard InChI is InChI=1S/C43H31N7O/c1-26-20-27(2)42(28(3)21-26)50-36-9-5-4-8-35(36)47-43(50)49-38-23-30(12-14-32(38)34-16-19-45-25-40(34)49)51-29-11-13-31-33-15-18-44-24-39(33)48(37(31)22-29)41-10-6-7-17-46-41/h4-25H,1-3H3. The van der Waals surface area contributed by atoms with Crippen molar-refractivity contribution in [2.75, 3.05) is 0 Å². The number of ether oxygens (including phenoxy) is 1. The van der Waals surface area contributed by atoms with Gasteiger partial charge in [0.25, 0.3) is 0 Å². The highest BCUT2D eigenvalue weighted by Gasteiger charge is 2.22. The Hall–Kier alpha value is -6.80. The van der Waals surface area contributed by atoms with Crippen LogP contribution in [0.3, 0.4) is 0 Å². The molecule has 0 radical (unpaired) electrons. The summed E-state index contributed by atoms with van der Waals surface area (Å²) < 4.78 is 13.3. The number of benzene rings is 4. The summed E-state index contributed by atoms with van der Waals surface area (Å²) in [6.07, 6.45) is 9.30. The molecule has 0 saturated carbocycles. The Morgan fingerprint density at radius 1 is 0.510 bits per heavy atom. The van der Waals surface area contributed by atoms with E-state index in [4.69, 9.17) is 9.72 Å². The Kier molecular flexibility index (Phi) is 6.35. The van der Waals surface area contributed by atoms with E-state index in [-0.39, 0.29) is 0 Å². The summed E-state index contributed by atoms with van der Waals surface area (Å²) in [4.78, 5) is 18.9. The van der Waals surface area contributed by atoms with Gasteiger partial charge in [0.05, 0.1) is 51.2 Å². The molecule has 10 rings (SSSR count). The summed E-state index contributed by atoms with van der Waals surface area (Å²) in [6.45, 7) is 6.49. The normalized spacial score (nSPS) is 11.8. The van der Waals surface area contributed by atoms with Crippen LogP contribution in [0.4, 0.5) is 0 Å². The minimum absolute atomic E-state index is 0.714. The van der Waals surface area contributed by atoms with E-state index in [9.17, 15) is 0 Å². The molecule has 0 aliphatic rings. The Morgan fingerprint density at radius 3 is 1.78 bits per heavy atom. The van der Waals surface area contributed by atoms with Crippen LogP contribution in [0.1, 0.15) is 16.7 Å². The first-order chi connectivity index (χ1) is 25.0. The largest absolute Gasteiger partial charge is 0.457 e. The van der Waals surface area contributed by atoms with Gasteiger partial charge in [-0.2, -0.15) is 0 Å². The summed E-state index contributed by atoms with van der Waals surface area (Å²) in [7, 11) is 0. The molecule has 0 aliphatic carbocycles. The van der Waals surface area contributed by atoms with E-state index < -0.39 is 0 Å². The van der Waals surface area contributed by atoms with Crippen LogP contribution in [0.15, 0.2) is 134 Å². The lowest BCUT2D eigenvalue weighted by atomic mass is 10.0. The first kappa shape index (κ1) is 29.1. The zero-order valence-electron chi connectivity index (χ0n) is 28.2. The van der Waals surface area contributed by atoms with Crippen molar-refractivity contribution >= 4 is 54.6 Å². The quantitative estimate of drug-likeness (QED) is 0.184. The first-order valence-corrected chi connectivity index (χ1v) is 17.0. The number of aryl methyl sites for hydroxylation is 3. The number of hydrogen-bond donors (Lipinski definition) is 0. The van der Waals surface area contributed by atoms with Crippen LogP contribution < -0.4 is 4.74 Å². The molecule has 8 nitrogen and oxygen atoms in total. The fraction of sp³-hybridized carbons (Fsp3) is 0.0698. The molecule has 51 heavy (non-hydrogen) atoms. The topological polar surface area (TPSA) is 75.6 Å². The lowest BCUT2D eigenvalue weighted by Gasteiger charge is -2.17. The van der Waals surface area contributed by atoms with Crippen molar-refractivity contribution in [2.45, 2.75) is 20.8 Å². The summed E-state index contributed by atoms with van der Waals surface area (Å²) in [5.41, 5.74) is 10.6. The van der Waals surface area contributed by atoms with Gasteiger partial charge in [-0.05, 0) is 92.6 Å². The smallest absolute Gasteiger partial charge is 0.220 e. The molecule has 0 fully saturated rings. The summed E-state index contributed by atoms with van der Waals surface area (Å²) in [5.74, 6) is 3.05. The van der Waals surface area contributed by atoms with Gasteiger partial charge < -0.3 is 4.74 Å². The monoisotopic (exact) mass is 661 g/mol. The average Bonchev–Trinajstić information content (AvgIpc) is 3.79. The number of rotatable bonds is 5. The van der Waals surface area contributed by atoms with Crippen molar-refractivity contribution in [3.05, 3.63) is 151 Å². The van der Waals surface area contributed by atoms with Crippen LogP contribution in [-0.2, 0) is 0 Å². The zero-order chi connectivity index (χ0) is 34.2. The van der Waals surface area contributed by atoms with Crippen molar-refractivity contribution in [3.63, 3.8) is 0 Å². The van der Waals surface area contributed by atoms with Crippen LogP contribution in [-0.4, -0.2) is 33.6 Å². The van der Waals surface area contributed by atoms with Crippen molar-refractivity contribution in [1.29, 1.82) is 0 Å². The molecule has 0 N–H and O–H groups in total. The molecule has 0 atom stereocenters. The molecule has 244 valence electrons. The fourth-order valence-electron chi connectivity index (χ4n) is 7.81. The first-order valence-electron chi connectivity index (χ1n) is 17.0. The van der Waals surface area contributed by atoms with E-state index in [1.165, 1.54) is 16.7 Å². The molecule has 0 bridgehead atoms. The molecular weight excluding hydrogens is 631 g/mol. The van der Waals surface area contributed by atoms with Crippen molar-refractivity contribution in [1.82, 2.24) is 33.6 Å². The van der Waals surface area contributed by atoms with E-state index in [1.54, 1.807) is 0 Å². The van der Waals surface area contributed by atoms with Gasteiger partial charge in [-0.25, -0.2) is 9.97 Å². The van der Waals surface area contributed by atoms with Crippen LogP contribution in [0.2, 0.25) is 0 Å². The Morgan fingerprint density at radius 2 is 1.12 bits per heavy atom. The van der Waals surface area contributed by atoms with Crippen LogP contribution in [0, 0.1) is 20.8 Å². The number of pyridine rings is 3. The molecule has 0 spiro atoms. The molecule has 6 heterocycles. The maximum absolute atomic E-state index is 6.69. The van der Waals surface area contributed by atoms with Crippen molar-refractivity contribution in [2.24, 2.45) is 0 Å². The van der Waals surface area contributed by atoms with Crippen LogP contribution >= 0.6 is 0 Å².